The molecule has 1 N–H and O–H groups in total. The zero-order valence-electron chi connectivity index (χ0n) is 11.0. The monoisotopic (exact) mass is 321 g/mol. The Morgan fingerprint density at radius 2 is 2.05 bits per heavy atom. The Labute approximate surface area is 120 Å². The summed E-state index contributed by atoms with van der Waals surface area (Å²) < 4.78 is 57.5. The Morgan fingerprint density at radius 1 is 1.38 bits per heavy atom. The second kappa shape index (κ2) is 5.66. The highest BCUT2D eigenvalue weighted by Gasteiger charge is 2.39. The summed E-state index contributed by atoms with van der Waals surface area (Å²) >= 11 is 0. The van der Waals surface area contributed by atoms with Crippen LogP contribution in [0.1, 0.15) is 5.56 Å². The summed E-state index contributed by atoms with van der Waals surface area (Å²) in [5.41, 5.74) is -0.0462. The molecule has 21 heavy (non-hydrogen) atoms. The Balaban J connectivity index is 2.50. The summed E-state index contributed by atoms with van der Waals surface area (Å²) in [7, 11) is -4.40. The number of halogens is 2. The van der Waals surface area contributed by atoms with Crippen LogP contribution >= 0.6 is 0 Å². The maximum atomic E-state index is 13.8. The van der Waals surface area contributed by atoms with E-state index in [1.165, 1.54) is 6.92 Å². The van der Waals surface area contributed by atoms with E-state index in [0.29, 0.717) is 10.4 Å². The molecule has 1 fully saturated rings. The minimum absolute atomic E-state index is 0.00477. The third kappa shape index (κ3) is 2.89. The van der Waals surface area contributed by atoms with Gasteiger partial charge in [0.15, 0.2) is 0 Å². The molecule has 116 valence electrons. The number of hydrogen-bond acceptors (Lipinski definition) is 4. The molecular weight excluding hydrogens is 308 g/mol. The van der Waals surface area contributed by atoms with Crippen LogP contribution in [0.4, 0.5) is 8.78 Å². The third-order valence-corrected chi connectivity index (χ3v) is 5.09. The van der Waals surface area contributed by atoms with Crippen molar-refractivity contribution in [3.8, 4) is 0 Å². The molecule has 6 nitrogen and oxygen atoms in total. The van der Waals surface area contributed by atoms with Gasteiger partial charge in [-0.2, -0.15) is 4.31 Å². The van der Waals surface area contributed by atoms with Crippen LogP contribution in [-0.4, -0.2) is 49.6 Å². The van der Waals surface area contributed by atoms with Gasteiger partial charge in [0.25, 0.3) is 0 Å². The molecule has 0 aromatic heterocycles. The number of nitrogens with zero attached hydrogens (tertiary/aromatic N) is 1. The van der Waals surface area contributed by atoms with Crippen molar-refractivity contribution in [1.82, 2.24) is 4.31 Å². The first-order valence-electron chi connectivity index (χ1n) is 6.03. The van der Waals surface area contributed by atoms with Crippen molar-refractivity contribution in [1.29, 1.82) is 0 Å². The summed E-state index contributed by atoms with van der Waals surface area (Å²) in [5.74, 6) is -3.52. The molecule has 1 aromatic rings. The minimum atomic E-state index is -4.40. The van der Waals surface area contributed by atoms with Gasteiger partial charge in [0.1, 0.15) is 22.6 Å². The maximum absolute atomic E-state index is 13.8. The molecule has 1 aliphatic rings. The van der Waals surface area contributed by atoms with Crippen LogP contribution < -0.4 is 0 Å². The van der Waals surface area contributed by atoms with Gasteiger partial charge < -0.3 is 9.84 Å². The molecule has 9 heteroatoms. The zero-order chi connectivity index (χ0) is 15.8. The van der Waals surface area contributed by atoms with E-state index in [4.69, 9.17) is 9.84 Å². The van der Waals surface area contributed by atoms with E-state index < -0.39 is 38.6 Å². The smallest absolute Gasteiger partial charge is 0.324 e. The van der Waals surface area contributed by atoms with Gasteiger partial charge >= 0.3 is 5.97 Å². The van der Waals surface area contributed by atoms with Crippen molar-refractivity contribution in [3.05, 3.63) is 29.3 Å². The Kier molecular flexibility index (Phi) is 4.26. The largest absolute Gasteiger partial charge is 0.480 e. The van der Waals surface area contributed by atoms with Crippen molar-refractivity contribution in [2.24, 2.45) is 0 Å². The van der Waals surface area contributed by atoms with Crippen molar-refractivity contribution in [2.75, 3.05) is 19.8 Å². The van der Waals surface area contributed by atoms with Gasteiger partial charge in [0.2, 0.25) is 10.0 Å². The summed E-state index contributed by atoms with van der Waals surface area (Å²) in [6.07, 6.45) is 0. The Morgan fingerprint density at radius 3 is 2.67 bits per heavy atom. The van der Waals surface area contributed by atoms with E-state index in [1.54, 1.807) is 0 Å². The molecule has 1 aliphatic heterocycles. The first-order valence-corrected chi connectivity index (χ1v) is 7.47. The summed E-state index contributed by atoms with van der Waals surface area (Å²) in [4.78, 5) is 10.4. The lowest BCUT2D eigenvalue weighted by atomic mass is 10.2. The highest BCUT2D eigenvalue weighted by Crippen LogP contribution is 2.25. The number of ether oxygens (including phenoxy) is 1. The average molecular weight is 321 g/mol. The molecule has 0 saturated carbocycles. The van der Waals surface area contributed by atoms with E-state index in [9.17, 15) is 22.0 Å². The number of morpholine rings is 1. The fraction of sp³-hybridized carbons (Fsp3) is 0.417. The van der Waals surface area contributed by atoms with Crippen LogP contribution in [0.15, 0.2) is 17.0 Å². The van der Waals surface area contributed by atoms with Crippen LogP contribution in [0.3, 0.4) is 0 Å². The molecule has 0 amide bonds. The van der Waals surface area contributed by atoms with Crippen molar-refractivity contribution in [2.45, 2.75) is 17.9 Å². The predicted octanol–water partition coefficient (Wildman–Crippen LogP) is 0.747. The second-order valence-corrected chi connectivity index (χ2v) is 6.44. The van der Waals surface area contributed by atoms with E-state index >= 15 is 0 Å². The normalized spacial score (nSPS) is 20.4. The number of hydrogen-bond donors (Lipinski definition) is 1. The van der Waals surface area contributed by atoms with Gasteiger partial charge in [-0.25, -0.2) is 17.2 Å². The number of sulfonamides is 1. The highest BCUT2D eigenvalue weighted by molar-refractivity contribution is 7.89. The van der Waals surface area contributed by atoms with Gasteiger partial charge in [-0.05, 0) is 18.6 Å². The SMILES string of the molecule is Cc1cc(S(=O)(=O)N2CCOCC2C(=O)O)c(F)cc1F. The quantitative estimate of drug-likeness (QED) is 0.888. The number of aliphatic carboxylic acids is 1. The first kappa shape index (κ1) is 15.8. The molecule has 1 atom stereocenters. The molecule has 0 radical (unpaired) electrons. The summed E-state index contributed by atoms with van der Waals surface area (Å²) in [5, 5.41) is 9.05. The van der Waals surface area contributed by atoms with E-state index in [2.05, 4.69) is 0 Å². The van der Waals surface area contributed by atoms with Gasteiger partial charge in [-0.15, -0.1) is 0 Å². The number of carboxylic acid groups (broad SMARTS) is 1. The molecule has 0 spiro atoms. The lowest BCUT2D eigenvalue weighted by Gasteiger charge is -2.31. The fourth-order valence-electron chi connectivity index (χ4n) is 2.03. The van der Waals surface area contributed by atoms with Crippen LogP contribution in [0, 0.1) is 18.6 Å². The Bertz CT molecular complexity index is 676. The van der Waals surface area contributed by atoms with Crippen LogP contribution in [0.5, 0.6) is 0 Å². The lowest BCUT2D eigenvalue weighted by molar-refractivity contribution is -0.146. The highest BCUT2D eigenvalue weighted by atomic mass is 32.2. The van der Waals surface area contributed by atoms with Gasteiger partial charge in [-0.3, -0.25) is 4.79 Å². The minimum Gasteiger partial charge on any atom is -0.480 e. The molecule has 1 saturated heterocycles. The van der Waals surface area contributed by atoms with E-state index in [1.807, 2.05) is 0 Å². The maximum Gasteiger partial charge on any atom is 0.324 e. The topological polar surface area (TPSA) is 83.9 Å². The molecule has 2 rings (SSSR count). The van der Waals surface area contributed by atoms with Gasteiger partial charge in [0.05, 0.1) is 13.2 Å². The molecule has 0 aliphatic carbocycles. The van der Waals surface area contributed by atoms with Crippen LogP contribution in [0.2, 0.25) is 0 Å². The lowest BCUT2D eigenvalue weighted by Crippen LogP contribution is -2.52. The molecule has 1 aromatic carbocycles. The fourth-order valence-corrected chi connectivity index (χ4v) is 3.71. The van der Waals surface area contributed by atoms with Crippen molar-refractivity contribution < 1.29 is 31.8 Å². The van der Waals surface area contributed by atoms with Crippen molar-refractivity contribution >= 4 is 16.0 Å². The van der Waals surface area contributed by atoms with E-state index in [0.717, 1.165) is 6.07 Å². The van der Waals surface area contributed by atoms with Gasteiger partial charge in [0, 0.05) is 12.6 Å². The van der Waals surface area contributed by atoms with Crippen molar-refractivity contribution in [3.63, 3.8) is 0 Å². The Hall–Kier alpha value is -1.58. The number of aryl methyl sites for hydroxylation is 1. The zero-order valence-corrected chi connectivity index (χ0v) is 11.9. The summed E-state index contributed by atoms with van der Waals surface area (Å²) in [6, 6.07) is -0.110. The predicted molar refractivity (Wildman–Crippen MR) is 67.2 cm³/mol. The van der Waals surface area contributed by atoms with Crippen LogP contribution in [-0.2, 0) is 19.6 Å². The number of rotatable bonds is 3. The number of carbonyl (C=O) groups is 1. The van der Waals surface area contributed by atoms with Crippen LogP contribution in [0.25, 0.3) is 0 Å². The molecule has 0 bridgehead atoms. The summed E-state index contributed by atoms with van der Waals surface area (Å²) in [6.45, 7) is 0.762. The second-order valence-electron chi connectivity index (χ2n) is 4.58. The molecule has 1 unspecified atom stereocenters. The molecular formula is C12H13F2NO5S. The number of carboxylic acids is 1. The standard InChI is InChI=1S/C12H13F2NO5S/c1-7-4-11(9(14)5-8(7)13)21(18,19)15-2-3-20-6-10(15)12(16)17/h4-5,10H,2-3,6H2,1H3,(H,16,17). The third-order valence-electron chi connectivity index (χ3n) is 3.16. The first-order chi connectivity index (χ1) is 9.75. The molecule has 1 heterocycles. The number of benzene rings is 1. The average Bonchev–Trinajstić information content (AvgIpc) is 2.42. The van der Waals surface area contributed by atoms with E-state index in [-0.39, 0.29) is 25.3 Å². The van der Waals surface area contributed by atoms with Gasteiger partial charge in [-0.1, -0.05) is 0 Å².